The topological polar surface area (TPSA) is 32.7 Å². The zero-order valence-electron chi connectivity index (χ0n) is 15.4. The fraction of sp³-hybridized carbons (Fsp3) is 0.944. The summed E-state index contributed by atoms with van der Waals surface area (Å²) in [6.07, 6.45) is 16.2. The van der Waals surface area contributed by atoms with Crippen LogP contribution in [0.25, 0.3) is 0 Å². The molecule has 0 aliphatic carbocycles. The minimum absolute atomic E-state index is 0.802. The highest BCUT2D eigenvalue weighted by Crippen LogP contribution is 2.26. The van der Waals surface area contributed by atoms with Gasteiger partial charge in [-0.15, -0.1) is 0 Å². The maximum atomic E-state index is 11.5. The van der Waals surface area contributed by atoms with Crippen LogP contribution in [0.5, 0.6) is 0 Å². The van der Waals surface area contributed by atoms with E-state index in [0.29, 0.717) is 0 Å². The molecule has 0 heterocycles. The quantitative estimate of drug-likeness (QED) is 0.179. The summed E-state index contributed by atoms with van der Waals surface area (Å²) in [6, 6.07) is 0. The van der Waals surface area contributed by atoms with Gasteiger partial charge >= 0.3 is 0 Å². The van der Waals surface area contributed by atoms with Crippen LogP contribution >= 0.6 is 18.3 Å². The van der Waals surface area contributed by atoms with Crippen LogP contribution in [-0.4, -0.2) is 29.7 Å². The molecule has 136 valence electrons. The first-order valence-electron chi connectivity index (χ1n) is 9.53. The van der Waals surface area contributed by atoms with E-state index in [9.17, 15) is 4.79 Å². The largest absolute Gasteiger partial charge is 0.299 e. The maximum absolute atomic E-state index is 11.5. The lowest BCUT2D eigenvalue weighted by Gasteiger charge is -2.33. The first-order valence-corrected chi connectivity index (χ1v) is 10.6. The fourth-order valence-corrected chi connectivity index (χ4v) is 3.26. The van der Waals surface area contributed by atoms with E-state index in [1.807, 2.05) is 0 Å². The highest BCUT2D eigenvalue weighted by Gasteiger charge is 2.29. The molecule has 2 atom stereocenters. The smallest absolute Gasteiger partial charge is 0.185 e. The summed E-state index contributed by atoms with van der Waals surface area (Å²) < 4.78 is 4.12. The average molecular weight is 360 g/mol. The average Bonchev–Trinajstić information content (AvgIpc) is 2.58. The lowest BCUT2D eigenvalue weighted by molar-refractivity contribution is -0.113. The molecule has 0 aromatic carbocycles. The van der Waals surface area contributed by atoms with E-state index in [1.165, 1.54) is 64.2 Å². The number of nitrogens with zero attached hydrogens (tertiary/aromatic N) is 2. The molecule has 0 rings (SSSR count). The van der Waals surface area contributed by atoms with E-state index < -0.39 is 5.40 Å². The SMILES string of the molecule is CCCCCCCCN(CCCCCCCC)C(P)(C=O)N=P. The van der Waals surface area contributed by atoms with Crippen molar-refractivity contribution in [1.82, 2.24) is 4.90 Å². The highest BCUT2D eigenvalue weighted by molar-refractivity contribution is 7.21. The first kappa shape index (κ1) is 23.2. The van der Waals surface area contributed by atoms with Gasteiger partial charge < -0.3 is 0 Å². The Bertz CT molecular complexity index is 277. The van der Waals surface area contributed by atoms with Crippen molar-refractivity contribution in [3.05, 3.63) is 0 Å². The molecule has 0 bridgehead atoms. The van der Waals surface area contributed by atoms with Gasteiger partial charge in [0.25, 0.3) is 0 Å². The lowest BCUT2D eigenvalue weighted by atomic mass is 10.1. The maximum Gasteiger partial charge on any atom is 0.185 e. The lowest BCUT2D eigenvalue weighted by Crippen LogP contribution is -2.44. The van der Waals surface area contributed by atoms with Crippen molar-refractivity contribution in [2.24, 2.45) is 4.74 Å². The van der Waals surface area contributed by atoms with E-state index in [-0.39, 0.29) is 0 Å². The van der Waals surface area contributed by atoms with Crippen LogP contribution in [0, 0.1) is 0 Å². The number of aldehydes is 1. The van der Waals surface area contributed by atoms with Crippen molar-refractivity contribution < 1.29 is 4.79 Å². The predicted octanol–water partition coefficient (Wildman–Crippen LogP) is 6.06. The molecule has 23 heavy (non-hydrogen) atoms. The number of hydrogen-bond acceptors (Lipinski definition) is 3. The second-order valence-corrected chi connectivity index (χ2v) is 7.61. The second-order valence-electron chi connectivity index (χ2n) is 6.54. The van der Waals surface area contributed by atoms with Crippen molar-refractivity contribution in [3.8, 4) is 0 Å². The fourth-order valence-electron chi connectivity index (χ4n) is 2.81. The molecule has 0 aliphatic rings. The van der Waals surface area contributed by atoms with Gasteiger partial charge in [-0.2, -0.15) is 0 Å². The van der Waals surface area contributed by atoms with Gasteiger partial charge in [-0.1, -0.05) is 87.3 Å². The van der Waals surface area contributed by atoms with Crippen LogP contribution in [0.2, 0.25) is 0 Å². The Hall–Kier alpha value is 0.160. The van der Waals surface area contributed by atoms with Gasteiger partial charge in [0.05, 0.1) is 0 Å². The summed E-state index contributed by atoms with van der Waals surface area (Å²) in [5.74, 6) is 0. The van der Waals surface area contributed by atoms with Crippen LogP contribution in [0.15, 0.2) is 4.74 Å². The molecule has 0 N–H and O–H groups in total. The van der Waals surface area contributed by atoms with Gasteiger partial charge in [0.1, 0.15) is 0 Å². The normalized spacial score (nSPS) is 13.9. The summed E-state index contributed by atoms with van der Waals surface area (Å²) in [5, 5.41) is -0.802. The minimum Gasteiger partial charge on any atom is -0.299 e. The zero-order chi connectivity index (χ0) is 17.4. The van der Waals surface area contributed by atoms with E-state index in [4.69, 9.17) is 0 Å². The summed E-state index contributed by atoms with van der Waals surface area (Å²) in [7, 11) is 5.81. The van der Waals surface area contributed by atoms with Crippen molar-refractivity contribution in [3.63, 3.8) is 0 Å². The molecule has 0 amide bonds. The van der Waals surface area contributed by atoms with Crippen molar-refractivity contribution in [2.45, 2.75) is 96.3 Å². The second kappa shape index (κ2) is 15.7. The van der Waals surface area contributed by atoms with E-state index in [1.54, 1.807) is 0 Å². The van der Waals surface area contributed by atoms with Gasteiger partial charge in [0, 0.05) is 13.1 Å². The van der Waals surface area contributed by atoms with Crippen molar-refractivity contribution >= 4 is 24.6 Å². The van der Waals surface area contributed by atoms with E-state index in [0.717, 1.165) is 32.2 Å². The summed E-state index contributed by atoms with van der Waals surface area (Å²) in [5.41, 5.74) is 0. The molecule has 5 heteroatoms. The van der Waals surface area contributed by atoms with E-state index in [2.05, 4.69) is 41.8 Å². The molecule has 0 aliphatic heterocycles. The number of hydrogen-bond donors (Lipinski definition) is 0. The molecule has 0 fully saturated rings. The van der Waals surface area contributed by atoms with Gasteiger partial charge in [-0.05, 0) is 21.9 Å². The summed E-state index contributed by atoms with van der Waals surface area (Å²) >= 11 is 0. The van der Waals surface area contributed by atoms with Crippen LogP contribution in [0.3, 0.4) is 0 Å². The predicted molar refractivity (Wildman–Crippen MR) is 108 cm³/mol. The molecule has 0 spiro atoms. The van der Waals surface area contributed by atoms with Crippen LogP contribution in [0.4, 0.5) is 0 Å². The standard InChI is InChI=1S/C18H38N2OP2/c1-3-5-7-9-11-13-15-20(18(22,17-21)19-23)16-14-12-10-8-6-4-2/h17,23H,3-16,22H2,1-2H3. The van der Waals surface area contributed by atoms with Gasteiger partial charge in [0.2, 0.25) is 0 Å². The zero-order valence-corrected chi connectivity index (χ0v) is 17.5. The molecular weight excluding hydrogens is 322 g/mol. The molecule has 3 nitrogen and oxygen atoms in total. The molecule has 0 radical (unpaired) electrons. The number of carbonyl (C=O) groups is 1. The molecule has 0 saturated heterocycles. The summed E-state index contributed by atoms with van der Waals surface area (Å²) in [6.45, 7) is 6.37. The Kier molecular flexibility index (Phi) is 15.8. The van der Waals surface area contributed by atoms with Crippen LogP contribution in [0.1, 0.15) is 90.9 Å². The molecule has 0 aromatic rings. The number of unbranched alkanes of at least 4 members (excludes halogenated alkanes) is 10. The van der Waals surface area contributed by atoms with Gasteiger partial charge in [0.15, 0.2) is 11.7 Å². The number of rotatable bonds is 17. The Morgan fingerprint density at radius 3 is 1.61 bits per heavy atom. The van der Waals surface area contributed by atoms with E-state index >= 15 is 0 Å². The third-order valence-electron chi connectivity index (χ3n) is 4.42. The van der Waals surface area contributed by atoms with Crippen LogP contribution in [-0.2, 0) is 4.79 Å². The van der Waals surface area contributed by atoms with Crippen molar-refractivity contribution in [1.29, 1.82) is 0 Å². The van der Waals surface area contributed by atoms with Gasteiger partial charge in [-0.3, -0.25) is 9.69 Å². The first-order chi connectivity index (χ1) is 11.1. The Balaban J connectivity index is 4.14. The van der Waals surface area contributed by atoms with Gasteiger partial charge in [-0.25, -0.2) is 4.74 Å². The third kappa shape index (κ3) is 11.4. The molecule has 0 aromatic heterocycles. The van der Waals surface area contributed by atoms with Crippen LogP contribution < -0.4 is 0 Å². The molecule has 2 unspecified atom stereocenters. The Morgan fingerprint density at radius 2 is 1.26 bits per heavy atom. The minimum atomic E-state index is -0.802. The van der Waals surface area contributed by atoms with Crippen molar-refractivity contribution in [2.75, 3.05) is 13.1 Å². The Labute approximate surface area is 148 Å². The third-order valence-corrected chi connectivity index (χ3v) is 5.67. The highest BCUT2D eigenvalue weighted by atomic mass is 31.0. The Morgan fingerprint density at radius 1 is 0.870 bits per heavy atom. The molecule has 0 saturated carbocycles. The monoisotopic (exact) mass is 360 g/mol. The number of carbonyl (C=O) groups excluding carboxylic acids is 1. The molecular formula is C18H38N2OP2. The summed E-state index contributed by atoms with van der Waals surface area (Å²) in [4.78, 5) is 13.7.